The van der Waals surface area contributed by atoms with E-state index in [-0.39, 0.29) is 35.7 Å². The summed E-state index contributed by atoms with van der Waals surface area (Å²) in [5.74, 6) is 0.00677. The van der Waals surface area contributed by atoms with Gasteiger partial charge in [0.05, 0.1) is 11.8 Å². The van der Waals surface area contributed by atoms with E-state index < -0.39 is 0 Å². The molecule has 1 aromatic rings. The van der Waals surface area contributed by atoms with E-state index in [1.165, 1.54) is 0 Å². The number of carbonyl (C=O) groups excluding carboxylic acids is 2. The fraction of sp³-hybridized carbons (Fsp3) is 0.467. The van der Waals surface area contributed by atoms with Crippen LogP contribution in [0.4, 0.5) is 5.69 Å². The van der Waals surface area contributed by atoms with Crippen LogP contribution in [0.15, 0.2) is 30.3 Å². The Morgan fingerprint density at radius 1 is 1.21 bits per heavy atom. The molecule has 0 radical (unpaired) electrons. The molecule has 1 aliphatic heterocycles. The monoisotopic (exact) mass is 257 g/mol. The number of anilines is 1. The van der Waals surface area contributed by atoms with Crippen LogP contribution >= 0.6 is 0 Å². The van der Waals surface area contributed by atoms with E-state index in [0.29, 0.717) is 5.92 Å². The number of para-hydroxylation sites is 1. The molecule has 1 heterocycles. The highest BCUT2D eigenvalue weighted by atomic mass is 16.6. The molecule has 1 saturated heterocycles. The van der Waals surface area contributed by atoms with Gasteiger partial charge in [0.25, 0.3) is 0 Å². The van der Waals surface area contributed by atoms with Crippen molar-refractivity contribution in [1.29, 1.82) is 0 Å². The Morgan fingerprint density at radius 2 is 2.00 bits per heavy atom. The Bertz CT molecular complexity index is 540. The van der Waals surface area contributed by atoms with Gasteiger partial charge >= 0.3 is 5.97 Å². The summed E-state index contributed by atoms with van der Waals surface area (Å²) in [6, 6.07) is 9.40. The van der Waals surface area contributed by atoms with Gasteiger partial charge in [0.2, 0.25) is 5.91 Å². The molecule has 1 amide bonds. The Kier molecular flexibility index (Phi) is 2.22. The molecule has 3 aliphatic rings. The first-order valence-corrected chi connectivity index (χ1v) is 6.80. The summed E-state index contributed by atoms with van der Waals surface area (Å²) < 4.78 is 5.35. The minimum Gasteiger partial charge on any atom is -0.462 e. The maximum Gasteiger partial charge on any atom is 0.310 e. The number of rotatable bonds is 2. The van der Waals surface area contributed by atoms with E-state index in [9.17, 15) is 9.59 Å². The Morgan fingerprint density at radius 3 is 2.79 bits per heavy atom. The van der Waals surface area contributed by atoms with E-state index in [4.69, 9.17) is 4.74 Å². The predicted octanol–water partition coefficient (Wildman–Crippen LogP) is 1.82. The number of carbonyl (C=O) groups is 2. The summed E-state index contributed by atoms with van der Waals surface area (Å²) >= 11 is 0. The number of esters is 1. The lowest BCUT2D eigenvalue weighted by Crippen LogP contribution is -2.35. The third kappa shape index (κ3) is 1.52. The molecule has 0 spiro atoms. The summed E-state index contributed by atoms with van der Waals surface area (Å²) in [7, 11) is 0. The molecule has 19 heavy (non-hydrogen) atoms. The number of benzene rings is 1. The van der Waals surface area contributed by atoms with Gasteiger partial charge in [-0.05, 0) is 30.9 Å². The second-order valence-corrected chi connectivity index (χ2v) is 5.78. The zero-order valence-corrected chi connectivity index (χ0v) is 10.4. The summed E-state index contributed by atoms with van der Waals surface area (Å²) in [5.41, 5.74) is 0.790. The lowest BCUT2D eigenvalue weighted by atomic mass is 9.79. The Labute approximate surface area is 111 Å². The Hall–Kier alpha value is -1.84. The maximum absolute atomic E-state index is 12.4. The standard InChI is InChI=1S/C15H15NO3/c17-14(16-9-4-2-1-3-5-9)12-8-6-10-11(7-8)19-15(18)13(10)12/h1-5,8,10-13H,6-7H2,(H,16,17). The summed E-state index contributed by atoms with van der Waals surface area (Å²) in [6.45, 7) is 0. The van der Waals surface area contributed by atoms with Crippen LogP contribution in [0.25, 0.3) is 0 Å². The quantitative estimate of drug-likeness (QED) is 0.822. The lowest BCUT2D eigenvalue weighted by Gasteiger charge is -2.23. The van der Waals surface area contributed by atoms with E-state index in [2.05, 4.69) is 5.32 Å². The van der Waals surface area contributed by atoms with Crippen molar-refractivity contribution in [2.45, 2.75) is 18.9 Å². The number of hydrogen-bond acceptors (Lipinski definition) is 3. The number of ether oxygens (including phenoxy) is 1. The molecule has 4 nitrogen and oxygen atoms in total. The third-order valence-corrected chi connectivity index (χ3v) is 4.83. The van der Waals surface area contributed by atoms with E-state index in [0.717, 1.165) is 18.5 Å². The smallest absolute Gasteiger partial charge is 0.310 e. The van der Waals surface area contributed by atoms with Crippen molar-refractivity contribution < 1.29 is 14.3 Å². The van der Waals surface area contributed by atoms with Crippen LogP contribution in [0.2, 0.25) is 0 Å². The molecule has 1 aromatic carbocycles. The molecule has 98 valence electrons. The van der Waals surface area contributed by atoms with E-state index in [1.54, 1.807) is 0 Å². The lowest BCUT2D eigenvalue weighted by molar-refractivity contribution is -0.145. The van der Waals surface area contributed by atoms with Gasteiger partial charge in [-0.1, -0.05) is 18.2 Å². The molecular weight excluding hydrogens is 242 g/mol. The van der Waals surface area contributed by atoms with Crippen LogP contribution in [-0.4, -0.2) is 18.0 Å². The number of hydrogen-bond donors (Lipinski definition) is 1. The molecule has 5 unspecified atom stereocenters. The molecule has 2 saturated carbocycles. The summed E-state index contributed by atoms with van der Waals surface area (Å²) in [4.78, 5) is 24.3. The van der Waals surface area contributed by atoms with Gasteiger partial charge in [0.1, 0.15) is 6.10 Å². The predicted molar refractivity (Wildman–Crippen MR) is 68.1 cm³/mol. The molecule has 1 N–H and O–H groups in total. The SMILES string of the molecule is O=C(Nc1ccccc1)C1C2CC3OC(=O)C1C3C2. The van der Waals surface area contributed by atoms with Crippen LogP contribution in [0.3, 0.4) is 0 Å². The van der Waals surface area contributed by atoms with Gasteiger partial charge in [-0.25, -0.2) is 0 Å². The van der Waals surface area contributed by atoms with Gasteiger partial charge in [-0.15, -0.1) is 0 Å². The highest BCUT2D eigenvalue weighted by Crippen LogP contribution is 2.57. The van der Waals surface area contributed by atoms with Gasteiger partial charge in [-0.3, -0.25) is 9.59 Å². The van der Waals surface area contributed by atoms with E-state index in [1.807, 2.05) is 30.3 Å². The zero-order valence-electron chi connectivity index (χ0n) is 10.4. The summed E-state index contributed by atoms with van der Waals surface area (Å²) in [5, 5.41) is 2.93. The summed E-state index contributed by atoms with van der Waals surface area (Å²) in [6.07, 6.45) is 1.91. The maximum atomic E-state index is 12.4. The van der Waals surface area contributed by atoms with Crippen LogP contribution in [0.1, 0.15) is 12.8 Å². The molecule has 3 fully saturated rings. The van der Waals surface area contributed by atoms with Crippen molar-refractivity contribution in [2.75, 3.05) is 5.32 Å². The first-order valence-electron chi connectivity index (χ1n) is 6.80. The number of fused-ring (bicyclic) bond motifs is 1. The van der Waals surface area contributed by atoms with Gasteiger partial charge < -0.3 is 10.1 Å². The molecule has 4 rings (SSSR count). The van der Waals surface area contributed by atoms with Crippen molar-refractivity contribution in [3.8, 4) is 0 Å². The fourth-order valence-electron chi connectivity index (χ4n) is 4.11. The molecule has 5 atom stereocenters. The fourth-order valence-corrected chi connectivity index (χ4v) is 4.11. The molecule has 4 heteroatoms. The average Bonchev–Trinajstić information content (AvgIpc) is 3.00. The van der Waals surface area contributed by atoms with Gasteiger partial charge in [0, 0.05) is 11.6 Å². The van der Waals surface area contributed by atoms with Gasteiger partial charge in [0.15, 0.2) is 0 Å². The van der Waals surface area contributed by atoms with Crippen LogP contribution < -0.4 is 5.32 Å². The van der Waals surface area contributed by atoms with Crippen molar-refractivity contribution in [1.82, 2.24) is 0 Å². The number of amides is 1. The highest BCUT2D eigenvalue weighted by molar-refractivity contribution is 5.96. The minimum atomic E-state index is -0.201. The van der Waals surface area contributed by atoms with E-state index >= 15 is 0 Å². The van der Waals surface area contributed by atoms with Crippen LogP contribution in [0.5, 0.6) is 0 Å². The molecule has 0 aromatic heterocycles. The largest absolute Gasteiger partial charge is 0.462 e. The molecular formula is C15H15NO3. The van der Waals surface area contributed by atoms with Crippen molar-refractivity contribution in [2.24, 2.45) is 23.7 Å². The van der Waals surface area contributed by atoms with Crippen LogP contribution in [0, 0.1) is 23.7 Å². The van der Waals surface area contributed by atoms with Crippen molar-refractivity contribution >= 4 is 17.6 Å². The Balaban J connectivity index is 1.57. The molecule has 2 bridgehead atoms. The highest BCUT2D eigenvalue weighted by Gasteiger charge is 2.63. The van der Waals surface area contributed by atoms with Crippen LogP contribution in [-0.2, 0) is 14.3 Å². The first kappa shape index (κ1) is 11.0. The normalized spacial score (nSPS) is 38.3. The third-order valence-electron chi connectivity index (χ3n) is 4.83. The number of nitrogens with one attached hydrogen (secondary N) is 1. The van der Waals surface area contributed by atoms with Crippen molar-refractivity contribution in [3.05, 3.63) is 30.3 Å². The molecule has 2 aliphatic carbocycles. The second-order valence-electron chi connectivity index (χ2n) is 5.78. The first-order chi connectivity index (χ1) is 9.24. The topological polar surface area (TPSA) is 55.4 Å². The van der Waals surface area contributed by atoms with Gasteiger partial charge in [-0.2, -0.15) is 0 Å². The average molecular weight is 257 g/mol. The second kappa shape index (κ2) is 3.83. The zero-order chi connectivity index (χ0) is 13.0. The minimum absolute atomic E-state index is 0.0269. The van der Waals surface area contributed by atoms with Crippen molar-refractivity contribution in [3.63, 3.8) is 0 Å².